The summed E-state index contributed by atoms with van der Waals surface area (Å²) >= 11 is 0. The van der Waals surface area contributed by atoms with E-state index in [1.807, 2.05) is 18.2 Å². The standard InChI is InChI=1S/C16H20N2O3/c1-5-6-14-17-15(10(2)16(19)18-14)11-7-8-12(20-3)13(9-11)21-4/h7-9H,5-6H2,1-4H3,(H,17,18,19). The Labute approximate surface area is 124 Å². The number of aromatic nitrogens is 2. The number of aryl methyl sites for hydroxylation is 1. The number of hydrogen-bond acceptors (Lipinski definition) is 4. The van der Waals surface area contributed by atoms with Crippen LogP contribution in [0.15, 0.2) is 23.0 Å². The molecule has 0 spiro atoms. The van der Waals surface area contributed by atoms with Crippen molar-refractivity contribution >= 4 is 0 Å². The highest BCUT2D eigenvalue weighted by Crippen LogP contribution is 2.32. The molecule has 0 aliphatic carbocycles. The molecule has 0 aliphatic rings. The zero-order valence-electron chi connectivity index (χ0n) is 12.8. The number of aromatic amines is 1. The van der Waals surface area contributed by atoms with Crippen molar-refractivity contribution in [3.63, 3.8) is 0 Å². The number of nitrogens with one attached hydrogen (secondary N) is 1. The summed E-state index contributed by atoms with van der Waals surface area (Å²) in [4.78, 5) is 19.4. The summed E-state index contributed by atoms with van der Waals surface area (Å²) < 4.78 is 10.5. The van der Waals surface area contributed by atoms with E-state index in [0.717, 1.165) is 18.4 Å². The van der Waals surface area contributed by atoms with Crippen LogP contribution >= 0.6 is 0 Å². The summed E-state index contributed by atoms with van der Waals surface area (Å²) in [5.41, 5.74) is 2.03. The van der Waals surface area contributed by atoms with Crippen LogP contribution < -0.4 is 15.0 Å². The highest BCUT2D eigenvalue weighted by molar-refractivity contribution is 5.66. The molecule has 0 aliphatic heterocycles. The molecule has 5 heteroatoms. The van der Waals surface area contributed by atoms with Gasteiger partial charge in [0.05, 0.1) is 19.9 Å². The maximum atomic E-state index is 12.0. The lowest BCUT2D eigenvalue weighted by molar-refractivity contribution is 0.355. The van der Waals surface area contributed by atoms with Crippen LogP contribution in [-0.2, 0) is 6.42 Å². The molecular weight excluding hydrogens is 268 g/mol. The predicted octanol–water partition coefficient (Wildman–Crippen LogP) is 2.72. The Morgan fingerprint density at radius 2 is 1.90 bits per heavy atom. The van der Waals surface area contributed by atoms with Crippen molar-refractivity contribution in [1.82, 2.24) is 9.97 Å². The highest BCUT2D eigenvalue weighted by atomic mass is 16.5. The number of methoxy groups -OCH3 is 2. The van der Waals surface area contributed by atoms with Gasteiger partial charge in [-0.2, -0.15) is 0 Å². The van der Waals surface area contributed by atoms with E-state index in [0.29, 0.717) is 28.6 Å². The predicted molar refractivity (Wildman–Crippen MR) is 82.1 cm³/mol. The lowest BCUT2D eigenvalue weighted by Gasteiger charge is -2.11. The maximum absolute atomic E-state index is 12.0. The third-order valence-corrected chi connectivity index (χ3v) is 3.34. The molecule has 0 saturated heterocycles. The molecule has 0 unspecified atom stereocenters. The number of rotatable bonds is 5. The van der Waals surface area contributed by atoms with E-state index in [-0.39, 0.29) is 5.56 Å². The Bertz CT molecular complexity index is 692. The van der Waals surface area contributed by atoms with Crippen molar-refractivity contribution in [3.05, 3.63) is 39.9 Å². The van der Waals surface area contributed by atoms with Crippen molar-refractivity contribution in [1.29, 1.82) is 0 Å². The van der Waals surface area contributed by atoms with Gasteiger partial charge in [0.2, 0.25) is 0 Å². The molecule has 5 nitrogen and oxygen atoms in total. The summed E-state index contributed by atoms with van der Waals surface area (Å²) in [6.07, 6.45) is 1.67. The normalized spacial score (nSPS) is 10.5. The number of hydrogen-bond donors (Lipinski definition) is 1. The first-order valence-electron chi connectivity index (χ1n) is 6.92. The van der Waals surface area contributed by atoms with E-state index in [2.05, 4.69) is 16.9 Å². The minimum Gasteiger partial charge on any atom is -0.493 e. The van der Waals surface area contributed by atoms with E-state index < -0.39 is 0 Å². The summed E-state index contributed by atoms with van der Waals surface area (Å²) in [6, 6.07) is 5.53. The number of ether oxygens (including phenoxy) is 2. The van der Waals surface area contributed by atoms with Crippen LogP contribution in [0.2, 0.25) is 0 Å². The Kier molecular flexibility index (Phi) is 4.62. The second kappa shape index (κ2) is 6.43. The van der Waals surface area contributed by atoms with Gasteiger partial charge in [-0.3, -0.25) is 4.79 Å². The minimum atomic E-state index is -0.0989. The monoisotopic (exact) mass is 288 g/mol. The zero-order valence-corrected chi connectivity index (χ0v) is 12.8. The lowest BCUT2D eigenvalue weighted by Crippen LogP contribution is -2.16. The summed E-state index contributed by atoms with van der Waals surface area (Å²) in [5.74, 6) is 1.98. The average molecular weight is 288 g/mol. The molecule has 2 rings (SSSR count). The maximum Gasteiger partial charge on any atom is 0.254 e. The molecule has 1 heterocycles. The molecular formula is C16H20N2O3. The molecule has 1 aromatic carbocycles. The molecule has 1 aromatic heterocycles. The van der Waals surface area contributed by atoms with Crippen LogP contribution in [0.3, 0.4) is 0 Å². The molecule has 0 amide bonds. The van der Waals surface area contributed by atoms with Gasteiger partial charge in [0.25, 0.3) is 5.56 Å². The fourth-order valence-corrected chi connectivity index (χ4v) is 2.20. The minimum absolute atomic E-state index is 0.0989. The van der Waals surface area contributed by atoms with Crippen molar-refractivity contribution in [2.45, 2.75) is 26.7 Å². The third kappa shape index (κ3) is 3.07. The van der Waals surface area contributed by atoms with Gasteiger partial charge in [-0.25, -0.2) is 4.98 Å². The topological polar surface area (TPSA) is 64.2 Å². The van der Waals surface area contributed by atoms with Crippen LogP contribution in [0.1, 0.15) is 24.7 Å². The van der Waals surface area contributed by atoms with Crippen molar-refractivity contribution in [3.8, 4) is 22.8 Å². The zero-order chi connectivity index (χ0) is 15.4. The molecule has 0 bridgehead atoms. The Hall–Kier alpha value is -2.30. The van der Waals surface area contributed by atoms with Gasteiger partial charge in [-0.1, -0.05) is 6.92 Å². The Morgan fingerprint density at radius 1 is 1.19 bits per heavy atom. The first kappa shape index (κ1) is 15.1. The molecule has 0 atom stereocenters. The molecule has 112 valence electrons. The SMILES string of the molecule is CCCc1nc(-c2ccc(OC)c(OC)c2)c(C)c(=O)[nH]1. The molecule has 0 saturated carbocycles. The summed E-state index contributed by atoms with van der Waals surface area (Å²) in [5, 5.41) is 0. The van der Waals surface area contributed by atoms with Crippen LogP contribution in [-0.4, -0.2) is 24.2 Å². The quantitative estimate of drug-likeness (QED) is 0.918. The van der Waals surface area contributed by atoms with E-state index in [1.54, 1.807) is 21.1 Å². The molecule has 0 radical (unpaired) electrons. The van der Waals surface area contributed by atoms with Gasteiger partial charge in [-0.15, -0.1) is 0 Å². The lowest BCUT2D eigenvalue weighted by atomic mass is 10.1. The van der Waals surface area contributed by atoms with Gasteiger partial charge >= 0.3 is 0 Å². The summed E-state index contributed by atoms with van der Waals surface area (Å²) in [6.45, 7) is 3.82. The molecule has 0 fully saturated rings. The summed E-state index contributed by atoms with van der Waals surface area (Å²) in [7, 11) is 3.18. The average Bonchev–Trinajstić information content (AvgIpc) is 2.50. The van der Waals surface area contributed by atoms with Crippen LogP contribution in [0.5, 0.6) is 11.5 Å². The van der Waals surface area contributed by atoms with Gasteiger partial charge in [0.1, 0.15) is 5.82 Å². The number of nitrogens with zero attached hydrogens (tertiary/aromatic N) is 1. The second-order valence-corrected chi connectivity index (χ2v) is 4.81. The fourth-order valence-electron chi connectivity index (χ4n) is 2.20. The van der Waals surface area contributed by atoms with Crippen LogP contribution in [0.4, 0.5) is 0 Å². The van der Waals surface area contributed by atoms with Crippen molar-refractivity contribution in [2.24, 2.45) is 0 Å². The van der Waals surface area contributed by atoms with E-state index in [9.17, 15) is 4.79 Å². The van der Waals surface area contributed by atoms with Crippen LogP contribution in [0.25, 0.3) is 11.3 Å². The van der Waals surface area contributed by atoms with Gasteiger partial charge < -0.3 is 14.5 Å². The Morgan fingerprint density at radius 3 is 2.52 bits per heavy atom. The first-order chi connectivity index (χ1) is 10.1. The Balaban J connectivity index is 2.58. The number of H-pyrrole nitrogens is 1. The van der Waals surface area contributed by atoms with Crippen molar-refractivity contribution < 1.29 is 9.47 Å². The largest absolute Gasteiger partial charge is 0.493 e. The fraction of sp³-hybridized carbons (Fsp3) is 0.375. The smallest absolute Gasteiger partial charge is 0.254 e. The molecule has 2 aromatic rings. The first-order valence-corrected chi connectivity index (χ1v) is 6.92. The second-order valence-electron chi connectivity index (χ2n) is 4.81. The van der Waals surface area contributed by atoms with Gasteiger partial charge in [-0.05, 0) is 31.5 Å². The van der Waals surface area contributed by atoms with Crippen molar-refractivity contribution in [2.75, 3.05) is 14.2 Å². The number of benzene rings is 1. The molecule has 21 heavy (non-hydrogen) atoms. The van der Waals surface area contributed by atoms with E-state index >= 15 is 0 Å². The van der Waals surface area contributed by atoms with E-state index in [4.69, 9.17) is 9.47 Å². The highest BCUT2D eigenvalue weighted by Gasteiger charge is 2.12. The van der Waals surface area contributed by atoms with Gasteiger partial charge in [0, 0.05) is 17.5 Å². The third-order valence-electron chi connectivity index (χ3n) is 3.34. The van der Waals surface area contributed by atoms with E-state index in [1.165, 1.54) is 0 Å². The molecule has 1 N–H and O–H groups in total. The van der Waals surface area contributed by atoms with Gasteiger partial charge in [0.15, 0.2) is 11.5 Å². The van der Waals surface area contributed by atoms with Crippen LogP contribution in [0, 0.1) is 6.92 Å².